The van der Waals surface area contributed by atoms with Crippen molar-refractivity contribution < 1.29 is 9.53 Å². The molecule has 1 aromatic heterocycles. The number of amides is 1. The molecule has 122 valence electrons. The number of aryl methyl sites for hydroxylation is 2. The van der Waals surface area contributed by atoms with E-state index in [0.29, 0.717) is 0 Å². The molecule has 2 atom stereocenters. The Labute approximate surface area is 141 Å². The summed E-state index contributed by atoms with van der Waals surface area (Å²) in [5.74, 6) is 0.00241. The number of carbonyl (C=O) groups excluding carboxylic acids is 1. The Kier molecular flexibility index (Phi) is 4.78. The molecule has 5 heteroatoms. The summed E-state index contributed by atoms with van der Waals surface area (Å²) in [7, 11) is 3.47. The van der Waals surface area contributed by atoms with E-state index < -0.39 is 6.10 Å². The van der Waals surface area contributed by atoms with Crippen LogP contribution in [0, 0.1) is 6.92 Å². The second-order valence-electron chi connectivity index (χ2n) is 5.93. The lowest BCUT2D eigenvalue weighted by Crippen LogP contribution is -2.36. The molecule has 0 unspecified atom stereocenters. The van der Waals surface area contributed by atoms with Crippen molar-refractivity contribution in [1.29, 1.82) is 0 Å². The van der Waals surface area contributed by atoms with Gasteiger partial charge in [-0.2, -0.15) is 0 Å². The van der Waals surface area contributed by atoms with Crippen LogP contribution in [0.5, 0.6) is 0 Å². The molecule has 0 radical (unpaired) electrons. The fraction of sp³-hybridized carbons (Fsp3) is 0.444. The summed E-state index contributed by atoms with van der Waals surface area (Å²) in [4.78, 5) is 20.7. The molecule has 4 nitrogen and oxygen atoms in total. The van der Waals surface area contributed by atoms with E-state index in [-0.39, 0.29) is 11.9 Å². The van der Waals surface area contributed by atoms with Crippen molar-refractivity contribution in [2.45, 2.75) is 38.3 Å². The maximum Gasteiger partial charge on any atom is 0.256 e. The van der Waals surface area contributed by atoms with Crippen LogP contribution >= 0.6 is 11.3 Å². The second kappa shape index (κ2) is 6.81. The number of hydrogen-bond acceptors (Lipinski definition) is 4. The van der Waals surface area contributed by atoms with E-state index in [4.69, 9.17) is 4.74 Å². The normalized spacial score (nSPS) is 18.3. The highest BCUT2D eigenvalue weighted by Crippen LogP contribution is 2.38. The Bertz CT molecular complexity index is 684. The number of thiazole rings is 1. The Morgan fingerprint density at radius 3 is 2.83 bits per heavy atom. The number of carbonyl (C=O) groups is 1. The molecule has 1 amide bonds. The van der Waals surface area contributed by atoms with Crippen LogP contribution in [0.4, 0.5) is 0 Å². The minimum absolute atomic E-state index is 0.00241. The molecular formula is C18H22N2O2S. The zero-order valence-corrected chi connectivity index (χ0v) is 14.6. The van der Waals surface area contributed by atoms with E-state index in [9.17, 15) is 4.79 Å². The van der Waals surface area contributed by atoms with Crippen molar-refractivity contribution in [3.05, 3.63) is 51.5 Å². The Hall–Kier alpha value is -1.72. The van der Waals surface area contributed by atoms with Crippen LogP contribution < -0.4 is 0 Å². The van der Waals surface area contributed by atoms with Gasteiger partial charge in [0, 0.05) is 14.2 Å². The summed E-state index contributed by atoms with van der Waals surface area (Å²) in [6.07, 6.45) is 2.52. The van der Waals surface area contributed by atoms with Crippen molar-refractivity contribution in [2.75, 3.05) is 14.2 Å². The van der Waals surface area contributed by atoms with Gasteiger partial charge in [0.2, 0.25) is 0 Å². The van der Waals surface area contributed by atoms with Gasteiger partial charge in [-0.15, -0.1) is 11.3 Å². The molecule has 0 fully saturated rings. The van der Waals surface area contributed by atoms with Crippen LogP contribution in [-0.4, -0.2) is 29.9 Å². The largest absolute Gasteiger partial charge is 0.367 e. The number of ether oxygens (including phenoxy) is 1. The van der Waals surface area contributed by atoms with Crippen molar-refractivity contribution >= 4 is 17.2 Å². The summed E-state index contributed by atoms with van der Waals surface area (Å²) in [6, 6.07) is 9.78. The lowest BCUT2D eigenvalue weighted by atomic mass is 9.96. The second-order valence-corrected chi connectivity index (χ2v) is 7.16. The van der Waals surface area contributed by atoms with E-state index >= 15 is 0 Å². The first kappa shape index (κ1) is 16.1. The molecule has 0 aliphatic heterocycles. The van der Waals surface area contributed by atoms with Gasteiger partial charge >= 0.3 is 0 Å². The third-order valence-corrected chi connectivity index (χ3v) is 5.52. The van der Waals surface area contributed by atoms with E-state index in [0.717, 1.165) is 35.5 Å². The monoisotopic (exact) mass is 330 g/mol. The number of rotatable bonds is 4. The number of likely N-dealkylation sites (N-methyl/N-ethyl adjacent to an activating group) is 1. The first-order chi connectivity index (χ1) is 11.1. The van der Waals surface area contributed by atoms with Gasteiger partial charge in [0.25, 0.3) is 5.91 Å². The molecule has 23 heavy (non-hydrogen) atoms. The topological polar surface area (TPSA) is 42.4 Å². The SMILES string of the molecule is CO[C@@H](C(=O)N(C)[C@H]1CCCc2nc(C)sc21)c1ccccc1. The highest BCUT2D eigenvalue weighted by molar-refractivity contribution is 7.11. The molecule has 3 rings (SSSR count). The third-order valence-electron chi connectivity index (χ3n) is 4.41. The molecule has 0 bridgehead atoms. The average Bonchev–Trinajstić information content (AvgIpc) is 2.95. The molecule has 2 aromatic rings. The van der Waals surface area contributed by atoms with Crippen LogP contribution in [0.2, 0.25) is 0 Å². The van der Waals surface area contributed by atoms with Crippen LogP contribution in [-0.2, 0) is 16.0 Å². The number of fused-ring (bicyclic) bond motifs is 1. The van der Waals surface area contributed by atoms with Gasteiger partial charge in [-0.05, 0) is 31.7 Å². The molecule has 0 saturated heterocycles. The Morgan fingerprint density at radius 1 is 1.39 bits per heavy atom. The standard InChI is InChI=1S/C18H22N2O2S/c1-12-19-14-10-7-11-15(17(14)23-12)20(2)18(21)16(22-3)13-8-5-4-6-9-13/h4-6,8-9,15-16H,7,10-11H2,1-3H3/t15-,16+/m0/s1. The van der Waals surface area contributed by atoms with Crippen LogP contribution in [0.1, 0.15) is 46.1 Å². The van der Waals surface area contributed by atoms with Crippen molar-refractivity contribution in [3.8, 4) is 0 Å². The lowest BCUT2D eigenvalue weighted by molar-refractivity contribution is -0.143. The van der Waals surface area contributed by atoms with Gasteiger partial charge in [-0.25, -0.2) is 4.98 Å². The maximum atomic E-state index is 13.0. The van der Waals surface area contributed by atoms with E-state index in [1.165, 1.54) is 4.88 Å². The van der Waals surface area contributed by atoms with E-state index in [2.05, 4.69) is 4.98 Å². The summed E-state index contributed by atoms with van der Waals surface area (Å²) in [5, 5.41) is 1.08. The minimum Gasteiger partial charge on any atom is -0.367 e. The lowest BCUT2D eigenvalue weighted by Gasteiger charge is -2.33. The summed E-state index contributed by atoms with van der Waals surface area (Å²) < 4.78 is 5.50. The Balaban J connectivity index is 1.85. The van der Waals surface area contributed by atoms with E-state index in [1.807, 2.05) is 49.2 Å². The van der Waals surface area contributed by atoms with Crippen LogP contribution in [0.25, 0.3) is 0 Å². The highest BCUT2D eigenvalue weighted by Gasteiger charge is 2.33. The van der Waals surface area contributed by atoms with Gasteiger partial charge in [-0.3, -0.25) is 4.79 Å². The summed E-state index contributed by atoms with van der Waals surface area (Å²) in [6.45, 7) is 2.03. The van der Waals surface area contributed by atoms with Crippen molar-refractivity contribution in [1.82, 2.24) is 9.88 Å². The first-order valence-corrected chi connectivity index (χ1v) is 8.74. The van der Waals surface area contributed by atoms with Gasteiger partial charge in [0.1, 0.15) is 0 Å². The number of nitrogens with zero attached hydrogens (tertiary/aromatic N) is 2. The van der Waals surface area contributed by atoms with Gasteiger partial charge in [0.05, 0.1) is 21.6 Å². The predicted molar refractivity (Wildman–Crippen MR) is 91.5 cm³/mol. The molecular weight excluding hydrogens is 308 g/mol. The zero-order valence-electron chi connectivity index (χ0n) is 13.8. The molecule has 1 aromatic carbocycles. The predicted octanol–water partition coefficient (Wildman–Crippen LogP) is 3.68. The average molecular weight is 330 g/mol. The molecule has 1 heterocycles. The van der Waals surface area contributed by atoms with Gasteiger partial charge in [-0.1, -0.05) is 30.3 Å². The Morgan fingerprint density at radius 2 is 2.13 bits per heavy atom. The number of benzene rings is 1. The molecule has 0 spiro atoms. The van der Waals surface area contributed by atoms with Crippen LogP contribution in [0.15, 0.2) is 30.3 Å². The fourth-order valence-corrected chi connectivity index (χ4v) is 4.39. The minimum atomic E-state index is -0.555. The number of methoxy groups -OCH3 is 1. The smallest absolute Gasteiger partial charge is 0.256 e. The molecule has 0 saturated carbocycles. The van der Waals surface area contributed by atoms with Crippen molar-refractivity contribution in [2.24, 2.45) is 0 Å². The quantitative estimate of drug-likeness (QED) is 0.859. The van der Waals surface area contributed by atoms with Crippen LogP contribution in [0.3, 0.4) is 0 Å². The summed E-state index contributed by atoms with van der Waals surface area (Å²) >= 11 is 1.71. The zero-order chi connectivity index (χ0) is 16.4. The summed E-state index contributed by atoms with van der Waals surface area (Å²) in [5.41, 5.74) is 2.06. The van der Waals surface area contributed by atoms with Crippen molar-refractivity contribution in [3.63, 3.8) is 0 Å². The maximum absolute atomic E-state index is 13.0. The molecule has 1 aliphatic carbocycles. The van der Waals surface area contributed by atoms with Gasteiger partial charge < -0.3 is 9.64 Å². The fourth-order valence-electron chi connectivity index (χ4n) is 3.23. The number of aromatic nitrogens is 1. The number of hydrogen-bond donors (Lipinski definition) is 0. The first-order valence-electron chi connectivity index (χ1n) is 7.92. The molecule has 0 N–H and O–H groups in total. The highest BCUT2D eigenvalue weighted by atomic mass is 32.1. The van der Waals surface area contributed by atoms with E-state index in [1.54, 1.807) is 18.4 Å². The van der Waals surface area contributed by atoms with Gasteiger partial charge in [0.15, 0.2) is 6.10 Å². The molecule has 1 aliphatic rings. The third kappa shape index (κ3) is 3.16.